The standard InChI is InChI=1S/C25H21F6N5O2/c26-19-8-18(21(27)22(28)23(19)37)24(38)32-9-13-1-5-17(6-2-13)35-11-15-4-3-14(7-20(15)34-35)16-10-33-36(12-16)25(29,30)31/h3-4,7-8,10-13,17,37H,1-2,5-6,9H2,(H,32,38). The Morgan fingerprint density at radius 1 is 1.03 bits per heavy atom. The molecule has 0 spiro atoms. The van der Waals surface area contributed by atoms with E-state index < -0.39 is 41.0 Å². The van der Waals surface area contributed by atoms with Crippen molar-refractivity contribution in [3.05, 3.63) is 65.9 Å². The Morgan fingerprint density at radius 2 is 1.76 bits per heavy atom. The van der Waals surface area contributed by atoms with Gasteiger partial charge in [0.25, 0.3) is 5.91 Å². The lowest BCUT2D eigenvalue weighted by Crippen LogP contribution is -2.32. The lowest BCUT2D eigenvalue weighted by Gasteiger charge is -2.28. The first-order valence-corrected chi connectivity index (χ1v) is 11.8. The zero-order valence-electron chi connectivity index (χ0n) is 19.6. The Hall–Kier alpha value is -4.03. The minimum Gasteiger partial charge on any atom is -0.503 e. The van der Waals surface area contributed by atoms with Gasteiger partial charge in [-0.15, -0.1) is 13.2 Å². The van der Waals surface area contributed by atoms with Gasteiger partial charge in [-0.1, -0.05) is 12.1 Å². The molecule has 1 fully saturated rings. The molecule has 1 saturated carbocycles. The minimum atomic E-state index is -4.59. The SMILES string of the molecule is O=C(NCC1CCC(n2cc3ccc(-c4cnn(C(F)(F)F)c4)cc3n2)CC1)c1cc(F)c(O)c(F)c1F. The second kappa shape index (κ2) is 9.69. The number of phenols is 1. The van der Waals surface area contributed by atoms with E-state index in [1.807, 2.05) is 10.9 Å². The van der Waals surface area contributed by atoms with Crippen LogP contribution in [0.1, 0.15) is 42.1 Å². The fourth-order valence-corrected chi connectivity index (χ4v) is 4.71. The Labute approximate surface area is 211 Å². The molecule has 1 aliphatic carbocycles. The number of alkyl halides is 3. The molecule has 2 aromatic carbocycles. The first-order valence-electron chi connectivity index (χ1n) is 11.8. The lowest BCUT2D eigenvalue weighted by molar-refractivity contribution is -0.212. The van der Waals surface area contributed by atoms with Gasteiger partial charge in [-0.05, 0) is 49.3 Å². The maximum absolute atomic E-state index is 13.9. The molecule has 1 aliphatic rings. The van der Waals surface area contributed by atoms with E-state index in [0.29, 0.717) is 35.6 Å². The van der Waals surface area contributed by atoms with E-state index in [1.54, 1.807) is 18.2 Å². The molecule has 4 aromatic rings. The van der Waals surface area contributed by atoms with Gasteiger partial charge in [0, 0.05) is 29.9 Å². The van der Waals surface area contributed by atoms with Crippen LogP contribution in [0.25, 0.3) is 22.0 Å². The lowest BCUT2D eigenvalue weighted by atomic mass is 9.86. The zero-order valence-corrected chi connectivity index (χ0v) is 19.6. The van der Waals surface area contributed by atoms with Crippen LogP contribution >= 0.6 is 0 Å². The molecule has 0 aliphatic heterocycles. The number of amides is 1. The van der Waals surface area contributed by atoms with Crippen LogP contribution in [0.15, 0.2) is 42.9 Å². The largest absolute Gasteiger partial charge is 0.504 e. The third kappa shape index (κ3) is 4.92. The maximum atomic E-state index is 13.9. The molecule has 38 heavy (non-hydrogen) atoms. The van der Waals surface area contributed by atoms with E-state index in [9.17, 15) is 31.1 Å². The van der Waals surface area contributed by atoms with Gasteiger partial charge in [-0.3, -0.25) is 9.48 Å². The Balaban J connectivity index is 1.20. The highest BCUT2D eigenvalue weighted by Gasteiger charge is 2.32. The molecule has 0 atom stereocenters. The van der Waals surface area contributed by atoms with Gasteiger partial charge in [0.05, 0.1) is 23.3 Å². The number of hydrogen-bond acceptors (Lipinski definition) is 4. The molecular formula is C25H21F6N5O2. The van der Waals surface area contributed by atoms with Crippen molar-refractivity contribution < 1.29 is 36.2 Å². The molecule has 2 aromatic heterocycles. The molecule has 0 saturated heterocycles. The van der Waals surface area contributed by atoms with Gasteiger partial charge in [-0.25, -0.2) is 8.78 Å². The van der Waals surface area contributed by atoms with Crippen LogP contribution < -0.4 is 5.32 Å². The zero-order chi connectivity index (χ0) is 27.2. The molecule has 5 rings (SSSR count). The molecule has 2 N–H and O–H groups in total. The second-order valence-electron chi connectivity index (χ2n) is 9.29. The summed E-state index contributed by atoms with van der Waals surface area (Å²) in [6.07, 6.45) is 2.24. The monoisotopic (exact) mass is 537 g/mol. The normalized spacial score (nSPS) is 18.2. The highest BCUT2D eigenvalue weighted by Crippen LogP contribution is 2.34. The van der Waals surface area contributed by atoms with Crippen molar-refractivity contribution in [2.45, 2.75) is 38.0 Å². The highest BCUT2D eigenvalue weighted by molar-refractivity contribution is 5.94. The Kier molecular flexibility index (Phi) is 6.53. The number of halogens is 6. The number of benzene rings is 2. The third-order valence-electron chi connectivity index (χ3n) is 6.82. The van der Waals surface area contributed by atoms with Crippen molar-refractivity contribution in [2.24, 2.45) is 5.92 Å². The van der Waals surface area contributed by atoms with Gasteiger partial charge >= 0.3 is 6.30 Å². The first-order chi connectivity index (χ1) is 18.0. The molecule has 200 valence electrons. The number of phenolic OH excluding ortho intramolecular Hbond substituents is 1. The summed E-state index contributed by atoms with van der Waals surface area (Å²) in [4.78, 5) is 12.2. The number of nitrogens with zero attached hydrogens (tertiary/aromatic N) is 4. The predicted molar refractivity (Wildman–Crippen MR) is 124 cm³/mol. The van der Waals surface area contributed by atoms with Crippen LogP contribution in [0.5, 0.6) is 5.75 Å². The van der Waals surface area contributed by atoms with Crippen molar-refractivity contribution in [3.8, 4) is 16.9 Å². The van der Waals surface area contributed by atoms with Crippen molar-refractivity contribution in [2.75, 3.05) is 6.54 Å². The Bertz CT molecular complexity index is 1500. The fourth-order valence-electron chi connectivity index (χ4n) is 4.71. The summed E-state index contributed by atoms with van der Waals surface area (Å²) < 4.78 is 81.3. The molecule has 7 nitrogen and oxygen atoms in total. The van der Waals surface area contributed by atoms with Crippen LogP contribution in [0.3, 0.4) is 0 Å². The van der Waals surface area contributed by atoms with Crippen LogP contribution in [-0.4, -0.2) is 37.1 Å². The number of aromatic nitrogens is 4. The number of fused-ring (bicyclic) bond motifs is 1. The van der Waals surface area contributed by atoms with Gasteiger partial charge in [0.15, 0.2) is 17.4 Å². The van der Waals surface area contributed by atoms with Gasteiger partial charge in [0.2, 0.25) is 5.82 Å². The number of rotatable bonds is 5. The molecule has 1 amide bonds. The van der Waals surface area contributed by atoms with Gasteiger partial charge in [0.1, 0.15) is 0 Å². The second-order valence-corrected chi connectivity index (χ2v) is 9.29. The minimum absolute atomic E-state index is 0.0518. The molecule has 0 bridgehead atoms. The summed E-state index contributed by atoms with van der Waals surface area (Å²) >= 11 is 0. The Morgan fingerprint density at radius 3 is 2.45 bits per heavy atom. The van der Waals surface area contributed by atoms with Crippen LogP contribution in [-0.2, 0) is 6.30 Å². The van der Waals surface area contributed by atoms with Crippen molar-refractivity contribution in [1.82, 2.24) is 24.9 Å². The van der Waals surface area contributed by atoms with Crippen molar-refractivity contribution in [3.63, 3.8) is 0 Å². The molecular weight excluding hydrogens is 516 g/mol. The molecule has 0 radical (unpaired) electrons. The van der Waals surface area contributed by atoms with E-state index in [-0.39, 0.29) is 23.2 Å². The van der Waals surface area contributed by atoms with Crippen molar-refractivity contribution >= 4 is 16.8 Å². The summed E-state index contributed by atoms with van der Waals surface area (Å²) in [5.41, 5.74) is 0.688. The molecule has 2 heterocycles. The number of carbonyl (C=O) groups excluding carboxylic acids is 1. The van der Waals surface area contributed by atoms with Crippen LogP contribution in [0, 0.1) is 23.4 Å². The highest BCUT2D eigenvalue weighted by atomic mass is 19.4. The van der Waals surface area contributed by atoms with Crippen LogP contribution in [0.4, 0.5) is 26.3 Å². The van der Waals surface area contributed by atoms with E-state index >= 15 is 0 Å². The average molecular weight is 537 g/mol. The quantitative estimate of drug-likeness (QED) is 0.254. The summed E-state index contributed by atoms with van der Waals surface area (Å²) in [5, 5.41) is 20.4. The summed E-state index contributed by atoms with van der Waals surface area (Å²) in [6, 6.07) is 5.73. The topological polar surface area (TPSA) is 85.0 Å². The van der Waals surface area contributed by atoms with E-state index in [2.05, 4.69) is 15.5 Å². The number of nitrogens with one attached hydrogen (secondary N) is 1. The van der Waals surface area contributed by atoms with E-state index in [4.69, 9.17) is 5.11 Å². The maximum Gasteiger partial charge on any atom is 0.504 e. The summed E-state index contributed by atoms with van der Waals surface area (Å²) in [6.45, 7) is 0.186. The number of aromatic hydroxyl groups is 1. The molecule has 0 unspecified atom stereocenters. The van der Waals surface area contributed by atoms with Gasteiger partial charge < -0.3 is 10.4 Å². The first kappa shape index (κ1) is 25.6. The van der Waals surface area contributed by atoms with E-state index in [1.165, 1.54) is 0 Å². The fraction of sp³-hybridized carbons (Fsp3) is 0.320. The van der Waals surface area contributed by atoms with Crippen LogP contribution in [0.2, 0.25) is 0 Å². The predicted octanol–water partition coefficient (Wildman–Crippen LogP) is 5.66. The van der Waals surface area contributed by atoms with Gasteiger partial charge in [-0.2, -0.15) is 19.3 Å². The number of carbonyl (C=O) groups is 1. The third-order valence-corrected chi connectivity index (χ3v) is 6.82. The average Bonchev–Trinajstić information content (AvgIpc) is 3.56. The smallest absolute Gasteiger partial charge is 0.503 e. The summed E-state index contributed by atoms with van der Waals surface area (Å²) in [5.74, 6) is -7.25. The number of hydrogen-bond donors (Lipinski definition) is 2. The molecule has 13 heteroatoms. The van der Waals surface area contributed by atoms with E-state index in [0.717, 1.165) is 30.6 Å². The summed E-state index contributed by atoms with van der Waals surface area (Å²) in [7, 11) is 0. The van der Waals surface area contributed by atoms with Crippen molar-refractivity contribution in [1.29, 1.82) is 0 Å².